The number of nitrogens with zero attached hydrogens (tertiary/aromatic N) is 2. The molecule has 1 N–H and O–H groups in total. The van der Waals surface area contributed by atoms with Crippen molar-refractivity contribution in [1.82, 2.24) is 15.1 Å². The van der Waals surface area contributed by atoms with Crippen LogP contribution in [0.4, 0.5) is 0 Å². The molecule has 1 aromatic rings. The van der Waals surface area contributed by atoms with Crippen LogP contribution in [0.15, 0.2) is 17.3 Å². The first-order valence-electron chi connectivity index (χ1n) is 7.13. The maximum absolute atomic E-state index is 12.2. The number of aryl methyl sites for hydroxylation is 1. The predicted octanol–water partition coefficient (Wildman–Crippen LogP) is 1.73. The van der Waals surface area contributed by atoms with E-state index in [0.29, 0.717) is 11.3 Å². The van der Waals surface area contributed by atoms with Crippen LogP contribution in [0, 0.1) is 0 Å². The minimum atomic E-state index is -0.463. The van der Waals surface area contributed by atoms with Crippen LogP contribution >= 0.6 is 11.8 Å². The molecule has 2 aliphatic carbocycles. The number of ether oxygens (including phenoxy) is 1. The van der Waals surface area contributed by atoms with Gasteiger partial charge in [0.15, 0.2) is 0 Å². The molecule has 5 nitrogen and oxygen atoms in total. The van der Waals surface area contributed by atoms with Gasteiger partial charge >= 0.3 is 5.97 Å². The molecule has 2 aliphatic rings. The predicted molar refractivity (Wildman–Crippen MR) is 77.6 cm³/mol. The number of carbonyl (C=O) groups is 1. The third kappa shape index (κ3) is 2.86. The molecule has 2 saturated carbocycles. The Labute approximate surface area is 123 Å². The molecule has 3 rings (SSSR count). The molecule has 0 bridgehead atoms. The van der Waals surface area contributed by atoms with Crippen molar-refractivity contribution in [2.75, 3.05) is 7.11 Å². The molecule has 0 aromatic carbocycles. The molecule has 110 valence electrons. The van der Waals surface area contributed by atoms with Crippen LogP contribution in [0.2, 0.25) is 0 Å². The van der Waals surface area contributed by atoms with Crippen LogP contribution < -0.4 is 5.32 Å². The van der Waals surface area contributed by atoms with Gasteiger partial charge in [0, 0.05) is 29.4 Å². The standard InChI is InChI=1S/C14H21N3O2S/c1-17-9-12(8-15-17)20-11-5-6-14(7-11,13(18)19-2)16-10-3-4-10/h8-11,16H,3-7H2,1-2H3. The van der Waals surface area contributed by atoms with Crippen molar-refractivity contribution in [3.63, 3.8) is 0 Å². The molecule has 20 heavy (non-hydrogen) atoms. The first-order valence-corrected chi connectivity index (χ1v) is 8.01. The molecule has 0 aliphatic heterocycles. The van der Waals surface area contributed by atoms with Gasteiger partial charge in [-0.25, -0.2) is 0 Å². The quantitative estimate of drug-likeness (QED) is 0.838. The van der Waals surface area contributed by atoms with Gasteiger partial charge in [0.2, 0.25) is 0 Å². The Morgan fingerprint density at radius 3 is 2.95 bits per heavy atom. The number of aromatic nitrogens is 2. The van der Waals surface area contributed by atoms with Crippen LogP contribution in [0.25, 0.3) is 0 Å². The summed E-state index contributed by atoms with van der Waals surface area (Å²) in [5, 5.41) is 8.17. The molecule has 0 amide bonds. The number of esters is 1. The molecule has 1 heterocycles. The van der Waals surface area contributed by atoms with Crippen molar-refractivity contribution >= 4 is 17.7 Å². The molecule has 2 unspecified atom stereocenters. The van der Waals surface area contributed by atoms with Crippen molar-refractivity contribution in [2.24, 2.45) is 7.05 Å². The average Bonchev–Trinajstić information content (AvgIpc) is 3.00. The Balaban J connectivity index is 1.66. The lowest BCUT2D eigenvalue weighted by Crippen LogP contribution is -2.52. The van der Waals surface area contributed by atoms with E-state index in [1.54, 1.807) is 0 Å². The smallest absolute Gasteiger partial charge is 0.326 e. The first-order chi connectivity index (χ1) is 9.61. The van der Waals surface area contributed by atoms with Gasteiger partial charge in [0.25, 0.3) is 0 Å². The molecule has 0 radical (unpaired) electrons. The van der Waals surface area contributed by atoms with Gasteiger partial charge in [-0.15, -0.1) is 11.8 Å². The van der Waals surface area contributed by atoms with Gasteiger partial charge < -0.3 is 4.74 Å². The van der Waals surface area contributed by atoms with E-state index < -0.39 is 5.54 Å². The Morgan fingerprint density at radius 1 is 1.55 bits per heavy atom. The van der Waals surface area contributed by atoms with Crippen LogP contribution in [-0.4, -0.2) is 39.7 Å². The summed E-state index contributed by atoms with van der Waals surface area (Å²) in [4.78, 5) is 13.4. The molecule has 0 spiro atoms. The summed E-state index contributed by atoms with van der Waals surface area (Å²) in [5.41, 5.74) is -0.463. The summed E-state index contributed by atoms with van der Waals surface area (Å²) in [6.45, 7) is 0. The highest BCUT2D eigenvalue weighted by Gasteiger charge is 2.49. The van der Waals surface area contributed by atoms with Crippen molar-refractivity contribution in [1.29, 1.82) is 0 Å². The number of hydrogen-bond donors (Lipinski definition) is 1. The van der Waals surface area contributed by atoms with Gasteiger partial charge in [-0.3, -0.25) is 14.8 Å². The number of methoxy groups -OCH3 is 1. The summed E-state index contributed by atoms with van der Waals surface area (Å²) in [5.74, 6) is -0.0984. The number of thioether (sulfide) groups is 1. The third-order valence-corrected chi connectivity index (χ3v) is 5.31. The zero-order valence-corrected chi connectivity index (χ0v) is 12.8. The van der Waals surface area contributed by atoms with Crippen molar-refractivity contribution < 1.29 is 9.53 Å². The number of nitrogens with one attached hydrogen (secondary N) is 1. The van der Waals surface area contributed by atoms with Crippen molar-refractivity contribution in [3.05, 3.63) is 12.4 Å². The monoisotopic (exact) mass is 295 g/mol. The fourth-order valence-corrected chi connectivity index (χ4v) is 4.25. The summed E-state index contributed by atoms with van der Waals surface area (Å²) in [6.07, 6.45) is 9.02. The molecule has 6 heteroatoms. The number of hydrogen-bond acceptors (Lipinski definition) is 5. The summed E-state index contributed by atoms with van der Waals surface area (Å²) in [6, 6.07) is 0.510. The average molecular weight is 295 g/mol. The van der Waals surface area contributed by atoms with E-state index in [2.05, 4.69) is 10.4 Å². The molecular formula is C14H21N3O2S. The van der Waals surface area contributed by atoms with Gasteiger partial charge in [-0.05, 0) is 32.1 Å². The Morgan fingerprint density at radius 2 is 2.35 bits per heavy atom. The van der Waals surface area contributed by atoms with Gasteiger partial charge in [-0.1, -0.05) is 0 Å². The second-order valence-corrected chi connectivity index (χ2v) is 7.20. The zero-order valence-electron chi connectivity index (χ0n) is 12.0. The summed E-state index contributed by atoms with van der Waals surface area (Å²) >= 11 is 1.82. The van der Waals surface area contributed by atoms with E-state index in [9.17, 15) is 4.79 Å². The maximum atomic E-state index is 12.2. The van der Waals surface area contributed by atoms with Gasteiger partial charge in [0.1, 0.15) is 5.54 Å². The lowest BCUT2D eigenvalue weighted by atomic mass is 9.97. The second kappa shape index (κ2) is 5.41. The molecular weight excluding hydrogens is 274 g/mol. The van der Waals surface area contributed by atoms with Crippen molar-refractivity contribution in [3.8, 4) is 0 Å². The van der Waals surface area contributed by atoms with E-state index >= 15 is 0 Å². The highest BCUT2D eigenvalue weighted by Crippen LogP contribution is 2.42. The van der Waals surface area contributed by atoms with E-state index in [-0.39, 0.29) is 5.97 Å². The summed E-state index contributed by atoms with van der Waals surface area (Å²) < 4.78 is 6.85. The fraction of sp³-hybridized carbons (Fsp3) is 0.714. The van der Waals surface area contributed by atoms with Crippen LogP contribution in [0.1, 0.15) is 32.1 Å². The van der Waals surface area contributed by atoms with Crippen molar-refractivity contribution in [2.45, 2.75) is 53.8 Å². The highest BCUT2D eigenvalue weighted by molar-refractivity contribution is 8.00. The van der Waals surface area contributed by atoms with E-state index in [0.717, 1.165) is 19.3 Å². The largest absolute Gasteiger partial charge is 0.468 e. The SMILES string of the molecule is COC(=O)C1(NC2CC2)CCC(Sc2cnn(C)c2)C1. The van der Waals surface area contributed by atoms with Crippen LogP contribution in [0.3, 0.4) is 0 Å². The summed E-state index contributed by atoms with van der Waals surface area (Å²) in [7, 11) is 3.41. The number of rotatable bonds is 5. The zero-order chi connectivity index (χ0) is 14.2. The second-order valence-electron chi connectivity index (χ2n) is 5.82. The normalized spacial score (nSPS) is 29.6. The maximum Gasteiger partial charge on any atom is 0.326 e. The topological polar surface area (TPSA) is 56.1 Å². The Bertz CT molecular complexity index is 500. The molecule has 2 atom stereocenters. The minimum absolute atomic E-state index is 0.0984. The van der Waals surface area contributed by atoms with Gasteiger partial charge in [-0.2, -0.15) is 5.10 Å². The van der Waals surface area contributed by atoms with Gasteiger partial charge in [0.05, 0.1) is 13.3 Å². The van der Waals surface area contributed by atoms with Crippen LogP contribution in [0.5, 0.6) is 0 Å². The molecule has 0 saturated heterocycles. The van der Waals surface area contributed by atoms with E-state index in [4.69, 9.17) is 4.74 Å². The van der Waals surface area contributed by atoms with Crippen LogP contribution in [-0.2, 0) is 16.6 Å². The fourth-order valence-electron chi connectivity index (χ4n) is 2.94. The lowest BCUT2D eigenvalue weighted by Gasteiger charge is -2.27. The Kier molecular flexibility index (Phi) is 3.77. The minimum Gasteiger partial charge on any atom is -0.468 e. The number of carbonyl (C=O) groups excluding carboxylic acids is 1. The third-order valence-electron chi connectivity index (χ3n) is 4.09. The highest BCUT2D eigenvalue weighted by atomic mass is 32.2. The van der Waals surface area contributed by atoms with E-state index in [1.807, 2.05) is 35.9 Å². The van der Waals surface area contributed by atoms with E-state index in [1.165, 1.54) is 24.8 Å². The first kappa shape index (κ1) is 13.9. The Hall–Kier alpha value is -1.01. The molecule has 2 fully saturated rings. The molecule has 1 aromatic heterocycles. The lowest BCUT2D eigenvalue weighted by molar-refractivity contribution is -0.148.